The second-order valence-electron chi connectivity index (χ2n) is 7.29. The van der Waals surface area contributed by atoms with Crippen LogP contribution < -0.4 is 10.1 Å². The highest BCUT2D eigenvalue weighted by molar-refractivity contribution is 5.76. The molecule has 4 heteroatoms. The van der Waals surface area contributed by atoms with Crippen LogP contribution in [0.5, 0.6) is 5.75 Å². The van der Waals surface area contributed by atoms with Gasteiger partial charge in [0.25, 0.3) is 0 Å². The summed E-state index contributed by atoms with van der Waals surface area (Å²) in [6.07, 6.45) is 3.34. The summed E-state index contributed by atoms with van der Waals surface area (Å²) >= 11 is 0. The molecule has 4 nitrogen and oxygen atoms in total. The molecule has 0 unspecified atom stereocenters. The summed E-state index contributed by atoms with van der Waals surface area (Å²) in [7, 11) is 1.66. The lowest BCUT2D eigenvalue weighted by Crippen LogP contribution is -2.30. The van der Waals surface area contributed by atoms with E-state index in [2.05, 4.69) is 5.32 Å². The first-order valence-electron chi connectivity index (χ1n) is 9.80. The first-order valence-corrected chi connectivity index (χ1v) is 9.80. The van der Waals surface area contributed by atoms with Crippen molar-refractivity contribution in [3.05, 3.63) is 78.1 Å². The Balaban J connectivity index is 1.35. The largest absolute Gasteiger partial charge is 0.497 e. The fourth-order valence-corrected chi connectivity index (χ4v) is 3.47. The second kappa shape index (κ2) is 8.34. The van der Waals surface area contributed by atoms with Gasteiger partial charge >= 0.3 is 0 Å². The predicted molar refractivity (Wildman–Crippen MR) is 109 cm³/mol. The van der Waals surface area contributed by atoms with Crippen LogP contribution in [0.3, 0.4) is 0 Å². The highest BCUT2D eigenvalue weighted by Crippen LogP contribution is 2.41. The van der Waals surface area contributed by atoms with E-state index in [4.69, 9.17) is 9.15 Å². The number of hydrogen-bond donors (Lipinski definition) is 1. The van der Waals surface area contributed by atoms with Gasteiger partial charge in [0.2, 0.25) is 5.91 Å². The Morgan fingerprint density at radius 3 is 2.50 bits per heavy atom. The number of nitrogens with one attached hydrogen (secondary N) is 1. The van der Waals surface area contributed by atoms with E-state index in [1.54, 1.807) is 7.11 Å². The zero-order valence-corrected chi connectivity index (χ0v) is 16.1. The summed E-state index contributed by atoms with van der Waals surface area (Å²) in [6, 6.07) is 22.0. The van der Waals surface area contributed by atoms with Gasteiger partial charge in [-0.3, -0.25) is 4.79 Å². The zero-order valence-electron chi connectivity index (χ0n) is 16.1. The molecule has 3 aromatic rings. The Bertz CT molecular complexity index is 911. The lowest BCUT2D eigenvalue weighted by atomic mass is 10.0. The van der Waals surface area contributed by atoms with Crippen molar-refractivity contribution in [3.8, 4) is 17.1 Å². The maximum absolute atomic E-state index is 12.6. The van der Waals surface area contributed by atoms with Crippen LogP contribution in [-0.4, -0.2) is 13.0 Å². The average molecular weight is 375 g/mol. The maximum Gasteiger partial charge on any atom is 0.220 e. The molecule has 0 bridgehead atoms. The Morgan fingerprint density at radius 1 is 1.07 bits per heavy atom. The summed E-state index contributed by atoms with van der Waals surface area (Å²) in [4.78, 5) is 12.6. The molecule has 1 aliphatic rings. The fourth-order valence-electron chi connectivity index (χ4n) is 3.47. The smallest absolute Gasteiger partial charge is 0.220 e. The number of rotatable bonds is 8. The minimum Gasteiger partial charge on any atom is -0.497 e. The molecule has 1 amide bonds. The van der Waals surface area contributed by atoms with Crippen LogP contribution in [0.2, 0.25) is 0 Å². The number of carbonyl (C=O) groups excluding carboxylic acids is 1. The number of furan rings is 1. The van der Waals surface area contributed by atoms with Crippen molar-refractivity contribution >= 4 is 5.91 Å². The van der Waals surface area contributed by atoms with E-state index in [0.717, 1.165) is 41.2 Å². The highest BCUT2D eigenvalue weighted by Gasteiger charge is 2.33. The van der Waals surface area contributed by atoms with E-state index in [9.17, 15) is 4.79 Å². The number of hydrogen-bond acceptors (Lipinski definition) is 3. The summed E-state index contributed by atoms with van der Waals surface area (Å²) < 4.78 is 11.1. The number of carbonyl (C=O) groups is 1. The molecule has 0 radical (unpaired) electrons. The van der Waals surface area contributed by atoms with Crippen molar-refractivity contribution < 1.29 is 13.9 Å². The molecule has 1 aliphatic carbocycles. The third-order valence-corrected chi connectivity index (χ3v) is 5.20. The molecule has 0 aliphatic heterocycles. The molecule has 0 saturated heterocycles. The lowest BCUT2D eigenvalue weighted by molar-refractivity contribution is -0.122. The standard InChI is InChI=1S/C24H25NO3/c1-27-20-11-9-19(10-12-20)24(18-7-8-18)25-23(26)16-14-21-13-15-22(28-21)17-5-3-2-4-6-17/h2-6,9-13,15,18,24H,7-8,14,16H2,1H3,(H,25,26)/t24-/m1/s1. The first-order chi connectivity index (χ1) is 13.7. The summed E-state index contributed by atoms with van der Waals surface area (Å²) in [5.41, 5.74) is 2.19. The molecule has 4 rings (SSSR count). The third kappa shape index (κ3) is 4.45. The second-order valence-corrected chi connectivity index (χ2v) is 7.29. The van der Waals surface area contributed by atoms with Gasteiger partial charge in [0.1, 0.15) is 17.3 Å². The molecule has 28 heavy (non-hydrogen) atoms. The normalized spacial score (nSPS) is 14.5. The Labute approximate surface area is 165 Å². The number of amides is 1. The van der Waals surface area contributed by atoms with Crippen LogP contribution in [0.15, 0.2) is 71.1 Å². The summed E-state index contributed by atoms with van der Waals surface area (Å²) in [5.74, 6) is 3.10. The minimum absolute atomic E-state index is 0.0605. The van der Waals surface area contributed by atoms with Gasteiger partial charge in [0, 0.05) is 18.4 Å². The van der Waals surface area contributed by atoms with Gasteiger partial charge in [-0.25, -0.2) is 0 Å². The molecule has 1 saturated carbocycles. The lowest BCUT2D eigenvalue weighted by Gasteiger charge is -2.19. The van der Waals surface area contributed by atoms with Gasteiger partial charge in [-0.1, -0.05) is 42.5 Å². The molecule has 1 heterocycles. The van der Waals surface area contributed by atoms with Crippen LogP contribution in [0.25, 0.3) is 11.3 Å². The van der Waals surface area contributed by atoms with Crippen LogP contribution in [-0.2, 0) is 11.2 Å². The Hall–Kier alpha value is -3.01. The maximum atomic E-state index is 12.6. The van der Waals surface area contributed by atoms with Gasteiger partial charge in [0.05, 0.1) is 13.2 Å². The van der Waals surface area contributed by atoms with E-state index in [1.165, 1.54) is 0 Å². The van der Waals surface area contributed by atoms with Gasteiger partial charge in [-0.2, -0.15) is 0 Å². The van der Waals surface area contributed by atoms with Gasteiger partial charge in [-0.15, -0.1) is 0 Å². The van der Waals surface area contributed by atoms with Crippen molar-refractivity contribution in [1.82, 2.24) is 5.32 Å². The third-order valence-electron chi connectivity index (χ3n) is 5.20. The molecule has 1 fully saturated rings. The molecular formula is C24H25NO3. The molecule has 0 spiro atoms. The number of aryl methyl sites for hydroxylation is 1. The minimum atomic E-state index is 0.0605. The average Bonchev–Trinajstić information content (AvgIpc) is 3.48. The highest BCUT2D eigenvalue weighted by atomic mass is 16.5. The summed E-state index contributed by atoms with van der Waals surface area (Å²) in [6.45, 7) is 0. The molecular weight excluding hydrogens is 350 g/mol. The number of benzene rings is 2. The zero-order chi connectivity index (χ0) is 19.3. The van der Waals surface area contributed by atoms with Crippen LogP contribution >= 0.6 is 0 Å². The van der Waals surface area contributed by atoms with Crippen LogP contribution in [0.4, 0.5) is 0 Å². The van der Waals surface area contributed by atoms with E-state index in [1.807, 2.05) is 66.7 Å². The fraction of sp³-hybridized carbons (Fsp3) is 0.292. The van der Waals surface area contributed by atoms with E-state index in [0.29, 0.717) is 18.8 Å². The van der Waals surface area contributed by atoms with Gasteiger partial charge in [-0.05, 0) is 48.6 Å². The molecule has 144 valence electrons. The van der Waals surface area contributed by atoms with Crippen molar-refractivity contribution in [2.45, 2.75) is 31.7 Å². The number of methoxy groups -OCH3 is 1. The number of ether oxygens (including phenoxy) is 1. The SMILES string of the molecule is COc1ccc([C@H](NC(=O)CCc2ccc(-c3ccccc3)o2)C2CC2)cc1. The quantitative estimate of drug-likeness (QED) is 0.592. The molecule has 1 atom stereocenters. The van der Waals surface area contributed by atoms with Crippen molar-refractivity contribution in [2.24, 2.45) is 5.92 Å². The monoisotopic (exact) mass is 375 g/mol. The van der Waals surface area contributed by atoms with Gasteiger partial charge < -0.3 is 14.5 Å². The first kappa shape index (κ1) is 18.4. The van der Waals surface area contributed by atoms with Crippen molar-refractivity contribution in [3.63, 3.8) is 0 Å². The van der Waals surface area contributed by atoms with E-state index < -0.39 is 0 Å². The predicted octanol–water partition coefficient (Wildman–Crippen LogP) is 5.16. The summed E-state index contributed by atoms with van der Waals surface area (Å²) in [5, 5.41) is 3.22. The van der Waals surface area contributed by atoms with Crippen LogP contribution in [0.1, 0.15) is 36.6 Å². The molecule has 2 aromatic carbocycles. The molecule has 1 N–H and O–H groups in total. The van der Waals surface area contributed by atoms with E-state index in [-0.39, 0.29) is 11.9 Å². The Kier molecular flexibility index (Phi) is 5.47. The Morgan fingerprint density at radius 2 is 1.82 bits per heavy atom. The van der Waals surface area contributed by atoms with E-state index >= 15 is 0 Å². The van der Waals surface area contributed by atoms with Crippen molar-refractivity contribution in [2.75, 3.05) is 7.11 Å². The molecule has 1 aromatic heterocycles. The van der Waals surface area contributed by atoms with Crippen molar-refractivity contribution in [1.29, 1.82) is 0 Å². The van der Waals surface area contributed by atoms with Crippen LogP contribution in [0, 0.1) is 5.92 Å². The topological polar surface area (TPSA) is 51.5 Å². The van der Waals surface area contributed by atoms with Gasteiger partial charge in [0.15, 0.2) is 0 Å².